The number of benzene rings is 1. The molecule has 2 N–H and O–H groups in total. The summed E-state index contributed by atoms with van der Waals surface area (Å²) in [6, 6.07) is 4.49. The van der Waals surface area contributed by atoms with Crippen molar-refractivity contribution in [2.24, 2.45) is 5.73 Å². The van der Waals surface area contributed by atoms with Gasteiger partial charge in [0.1, 0.15) is 5.75 Å². The summed E-state index contributed by atoms with van der Waals surface area (Å²) in [7, 11) is 4.97. The molecule has 0 amide bonds. The lowest BCUT2D eigenvalue weighted by Crippen LogP contribution is -2.48. The topological polar surface area (TPSA) is 57.0 Å². The second-order valence-electron chi connectivity index (χ2n) is 5.91. The summed E-state index contributed by atoms with van der Waals surface area (Å²) in [5.41, 5.74) is 7.27. The molecule has 1 aliphatic rings. The van der Waals surface area contributed by atoms with Gasteiger partial charge in [-0.25, -0.2) is 0 Å². The number of piperidine rings is 1. The molecule has 2 unspecified atom stereocenters. The Balaban J connectivity index is 0.00000264. The fourth-order valence-corrected chi connectivity index (χ4v) is 3.24. The zero-order valence-corrected chi connectivity index (χ0v) is 15.3. The smallest absolute Gasteiger partial charge is 0.164 e. The van der Waals surface area contributed by atoms with Crippen LogP contribution in [0.4, 0.5) is 0 Å². The molecule has 1 aliphatic heterocycles. The fourth-order valence-electron chi connectivity index (χ4n) is 3.24. The van der Waals surface area contributed by atoms with E-state index in [9.17, 15) is 0 Å². The maximum Gasteiger partial charge on any atom is 0.164 e. The number of methoxy groups -OCH3 is 3. The predicted molar refractivity (Wildman–Crippen MR) is 95.0 cm³/mol. The molecule has 0 spiro atoms. The van der Waals surface area contributed by atoms with E-state index >= 15 is 0 Å². The first kappa shape index (κ1) is 19.9. The van der Waals surface area contributed by atoms with Gasteiger partial charge in [0.05, 0.1) is 21.3 Å². The van der Waals surface area contributed by atoms with Crippen molar-refractivity contribution in [2.75, 3.05) is 27.9 Å². The van der Waals surface area contributed by atoms with Crippen LogP contribution < -0.4 is 19.9 Å². The molecule has 132 valence electrons. The molecular weight excluding hydrogens is 316 g/mol. The molecule has 6 heteroatoms. The molecule has 5 nitrogen and oxygen atoms in total. The summed E-state index contributed by atoms with van der Waals surface area (Å²) in [5, 5.41) is 0. The molecule has 23 heavy (non-hydrogen) atoms. The highest BCUT2D eigenvalue weighted by atomic mass is 35.5. The van der Waals surface area contributed by atoms with Crippen molar-refractivity contribution < 1.29 is 14.2 Å². The van der Waals surface area contributed by atoms with Crippen molar-refractivity contribution in [1.82, 2.24) is 4.90 Å². The first-order valence-electron chi connectivity index (χ1n) is 7.89. The largest absolute Gasteiger partial charge is 0.496 e. The van der Waals surface area contributed by atoms with E-state index in [1.165, 1.54) is 12.8 Å². The van der Waals surface area contributed by atoms with E-state index in [0.717, 1.165) is 36.6 Å². The van der Waals surface area contributed by atoms with Crippen LogP contribution in [0.25, 0.3) is 0 Å². The third-order valence-corrected chi connectivity index (χ3v) is 4.43. The van der Waals surface area contributed by atoms with Crippen molar-refractivity contribution in [3.05, 3.63) is 17.7 Å². The van der Waals surface area contributed by atoms with Crippen LogP contribution >= 0.6 is 12.4 Å². The third kappa shape index (κ3) is 4.66. The van der Waals surface area contributed by atoms with Crippen LogP contribution in [-0.2, 0) is 6.54 Å². The summed E-state index contributed by atoms with van der Waals surface area (Å²) in [5.74, 6) is 2.24. The highest BCUT2D eigenvalue weighted by molar-refractivity contribution is 5.85. The number of ether oxygens (including phenoxy) is 3. The van der Waals surface area contributed by atoms with Gasteiger partial charge in [0.25, 0.3) is 0 Å². The van der Waals surface area contributed by atoms with Gasteiger partial charge in [0.2, 0.25) is 0 Å². The number of nitrogens with two attached hydrogens (primary N) is 1. The van der Waals surface area contributed by atoms with Gasteiger partial charge >= 0.3 is 0 Å². The van der Waals surface area contributed by atoms with Crippen molar-refractivity contribution in [3.63, 3.8) is 0 Å². The molecule has 2 atom stereocenters. The molecule has 0 aliphatic carbocycles. The van der Waals surface area contributed by atoms with E-state index in [0.29, 0.717) is 11.8 Å². The quantitative estimate of drug-likeness (QED) is 0.860. The average molecular weight is 345 g/mol. The van der Waals surface area contributed by atoms with E-state index in [2.05, 4.69) is 11.8 Å². The van der Waals surface area contributed by atoms with Gasteiger partial charge in [-0.15, -0.1) is 12.4 Å². The van der Waals surface area contributed by atoms with Crippen molar-refractivity contribution >= 4 is 12.4 Å². The van der Waals surface area contributed by atoms with Crippen LogP contribution in [0.2, 0.25) is 0 Å². The van der Waals surface area contributed by atoms with Crippen molar-refractivity contribution in [2.45, 2.75) is 44.8 Å². The van der Waals surface area contributed by atoms with E-state index in [1.54, 1.807) is 21.3 Å². The Morgan fingerprint density at radius 2 is 1.70 bits per heavy atom. The van der Waals surface area contributed by atoms with Gasteiger partial charge in [-0.1, -0.05) is 6.42 Å². The van der Waals surface area contributed by atoms with Crippen LogP contribution in [-0.4, -0.2) is 44.9 Å². The minimum atomic E-state index is 0. The Hall–Kier alpha value is -1.17. The second kappa shape index (κ2) is 9.21. The second-order valence-corrected chi connectivity index (χ2v) is 5.91. The number of hydrogen-bond acceptors (Lipinski definition) is 5. The van der Waals surface area contributed by atoms with Gasteiger partial charge in [0, 0.05) is 30.3 Å². The average Bonchev–Trinajstić information content (AvgIpc) is 2.54. The number of hydrogen-bond donors (Lipinski definition) is 1. The van der Waals surface area contributed by atoms with E-state index in [4.69, 9.17) is 19.9 Å². The maximum atomic E-state index is 6.17. The van der Waals surface area contributed by atoms with Gasteiger partial charge in [-0.3, -0.25) is 4.90 Å². The molecule has 0 aromatic heterocycles. The molecule has 2 rings (SSSR count). The Bertz CT molecular complexity index is 497. The number of rotatable bonds is 6. The summed E-state index contributed by atoms with van der Waals surface area (Å²) in [6.07, 6.45) is 3.64. The highest BCUT2D eigenvalue weighted by Crippen LogP contribution is 2.36. The van der Waals surface area contributed by atoms with Gasteiger partial charge in [0.15, 0.2) is 11.5 Å². The highest BCUT2D eigenvalue weighted by Gasteiger charge is 2.26. The first-order valence-corrected chi connectivity index (χ1v) is 7.89. The molecule has 1 fully saturated rings. The molecule has 1 saturated heterocycles. The molecule has 1 aromatic carbocycles. The van der Waals surface area contributed by atoms with Gasteiger partial charge < -0.3 is 19.9 Å². The zero-order chi connectivity index (χ0) is 16.1. The van der Waals surface area contributed by atoms with Crippen LogP contribution in [0, 0.1) is 0 Å². The lowest BCUT2D eigenvalue weighted by atomic mass is 9.96. The molecule has 0 saturated carbocycles. The van der Waals surface area contributed by atoms with Gasteiger partial charge in [-0.2, -0.15) is 0 Å². The van der Waals surface area contributed by atoms with Crippen LogP contribution in [0.15, 0.2) is 12.1 Å². The van der Waals surface area contributed by atoms with Crippen LogP contribution in [0.1, 0.15) is 31.7 Å². The summed E-state index contributed by atoms with van der Waals surface area (Å²) >= 11 is 0. The monoisotopic (exact) mass is 344 g/mol. The molecular formula is C17H29ClN2O3. The minimum Gasteiger partial charge on any atom is -0.496 e. The molecule has 0 radical (unpaired) electrons. The standard InChI is InChI=1S/C17H28N2O3.ClH/c1-12(18)14-7-5-6-8-19(14)11-13-9-16(21-3)17(22-4)10-15(13)20-2;/h9-10,12,14H,5-8,11,18H2,1-4H3;1H. The first-order chi connectivity index (χ1) is 10.6. The van der Waals surface area contributed by atoms with Crippen LogP contribution in [0.5, 0.6) is 17.2 Å². The predicted octanol–water partition coefficient (Wildman–Crippen LogP) is 2.84. The minimum absolute atomic E-state index is 0. The summed E-state index contributed by atoms with van der Waals surface area (Å²) < 4.78 is 16.3. The summed E-state index contributed by atoms with van der Waals surface area (Å²) in [6.45, 7) is 3.98. The Morgan fingerprint density at radius 3 is 2.26 bits per heavy atom. The Labute approximate surface area is 145 Å². The third-order valence-electron chi connectivity index (χ3n) is 4.43. The van der Waals surface area contributed by atoms with E-state index in [-0.39, 0.29) is 18.4 Å². The number of likely N-dealkylation sites (tertiary alicyclic amines) is 1. The molecule has 1 heterocycles. The Kier molecular flexibility index (Phi) is 7.95. The Morgan fingerprint density at radius 1 is 1.09 bits per heavy atom. The van der Waals surface area contributed by atoms with E-state index < -0.39 is 0 Å². The maximum absolute atomic E-state index is 6.17. The molecule has 1 aromatic rings. The lowest BCUT2D eigenvalue weighted by Gasteiger charge is -2.38. The summed E-state index contributed by atoms with van der Waals surface area (Å²) in [4.78, 5) is 2.46. The number of halogens is 1. The number of nitrogens with zero attached hydrogens (tertiary/aromatic N) is 1. The normalized spacial score (nSPS) is 19.6. The SMILES string of the molecule is COc1cc(OC)c(OC)cc1CN1CCCCC1C(C)N.Cl. The lowest BCUT2D eigenvalue weighted by molar-refractivity contribution is 0.121. The fraction of sp³-hybridized carbons (Fsp3) is 0.647. The molecule has 0 bridgehead atoms. The van der Waals surface area contributed by atoms with E-state index in [1.807, 2.05) is 12.1 Å². The zero-order valence-electron chi connectivity index (χ0n) is 14.5. The van der Waals surface area contributed by atoms with Crippen molar-refractivity contribution in [1.29, 1.82) is 0 Å². The van der Waals surface area contributed by atoms with Crippen molar-refractivity contribution in [3.8, 4) is 17.2 Å². The van der Waals surface area contributed by atoms with Crippen LogP contribution in [0.3, 0.4) is 0 Å². The van der Waals surface area contributed by atoms with Gasteiger partial charge in [-0.05, 0) is 32.4 Å².